The number of aliphatic hydroxyl groups is 1. The van der Waals surface area contributed by atoms with Crippen molar-refractivity contribution in [2.75, 3.05) is 26.4 Å². The van der Waals surface area contributed by atoms with Crippen LogP contribution in [0.3, 0.4) is 0 Å². The molecule has 5 heteroatoms. The molecule has 1 unspecified atom stereocenters. The number of para-hydroxylation sites is 1. The smallest absolute Gasteiger partial charge is 0.255 e. The number of aliphatic hydroxyl groups excluding tert-OH is 1. The molecule has 0 aromatic heterocycles. The lowest BCUT2D eigenvalue weighted by atomic mass is 10.1. The molecule has 1 aromatic rings. The Morgan fingerprint density at radius 2 is 2.22 bits per heavy atom. The van der Waals surface area contributed by atoms with Crippen LogP contribution in [0.4, 0.5) is 5.69 Å². The van der Waals surface area contributed by atoms with Gasteiger partial charge in [0.15, 0.2) is 0 Å². The molecule has 0 saturated heterocycles. The molecule has 0 bridgehead atoms. The monoisotopic (exact) mass is 252 g/mol. The number of nitrogen functional groups attached to an aromatic ring is 1. The van der Waals surface area contributed by atoms with E-state index in [1.807, 2.05) is 0 Å². The minimum atomic E-state index is -0.428. The number of nitrogens with zero attached hydrogens (tertiary/aromatic N) is 1. The highest BCUT2D eigenvalue weighted by Crippen LogP contribution is 2.25. The summed E-state index contributed by atoms with van der Waals surface area (Å²) in [5.41, 5.74) is 6.63. The SMILES string of the molecule is COc1cccc(C(=O)N(C)CCC(C)O)c1N. The van der Waals surface area contributed by atoms with E-state index in [-0.39, 0.29) is 5.91 Å². The van der Waals surface area contributed by atoms with Crippen molar-refractivity contribution in [1.82, 2.24) is 4.90 Å². The van der Waals surface area contributed by atoms with Crippen LogP contribution in [0.25, 0.3) is 0 Å². The summed E-state index contributed by atoms with van der Waals surface area (Å²) in [6.07, 6.45) is 0.106. The molecular weight excluding hydrogens is 232 g/mol. The molecule has 0 radical (unpaired) electrons. The summed E-state index contributed by atoms with van der Waals surface area (Å²) in [5, 5.41) is 9.21. The largest absolute Gasteiger partial charge is 0.495 e. The van der Waals surface area contributed by atoms with Crippen LogP contribution in [0.5, 0.6) is 5.75 Å². The number of carbonyl (C=O) groups excluding carboxylic acids is 1. The fourth-order valence-electron chi connectivity index (χ4n) is 1.60. The number of methoxy groups -OCH3 is 1. The van der Waals surface area contributed by atoms with Crippen molar-refractivity contribution in [2.24, 2.45) is 0 Å². The number of carbonyl (C=O) groups is 1. The van der Waals surface area contributed by atoms with Crippen molar-refractivity contribution >= 4 is 11.6 Å². The maximum absolute atomic E-state index is 12.2. The van der Waals surface area contributed by atoms with E-state index in [2.05, 4.69) is 0 Å². The Kier molecular flexibility index (Phi) is 4.97. The number of ether oxygens (including phenoxy) is 1. The first kappa shape index (κ1) is 14.3. The first-order valence-corrected chi connectivity index (χ1v) is 5.83. The average molecular weight is 252 g/mol. The van der Waals surface area contributed by atoms with Gasteiger partial charge in [0, 0.05) is 13.6 Å². The molecule has 1 amide bonds. The van der Waals surface area contributed by atoms with Crippen LogP contribution in [0.2, 0.25) is 0 Å². The van der Waals surface area contributed by atoms with Crippen molar-refractivity contribution in [3.63, 3.8) is 0 Å². The Labute approximate surface area is 107 Å². The number of nitrogens with two attached hydrogens (primary N) is 1. The van der Waals surface area contributed by atoms with Gasteiger partial charge in [0.25, 0.3) is 5.91 Å². The molecule has 0 aliphatic rings. The second-order valence-corrected chi connectivity index (χ2v) is 4.29. The van der Waals surface area contributed by atoms with Gasteiger partial charge in [-0.25, -0.2) is 0 Å². The van der Waals surface area contributed by atoms with Gasteiger partial charge < -0.3 is 20.5 Å². The van der Waals surface area contributed by atoms with Crippen molar-refractivity contribution < 1.29 is 14.6 Å². The molecule has 0 aliphatic carbocycles. The summed E-state index contributed by atoms with van der Waals surface area (Å²) in [4.78, 5) is 13.7. The molecule has 3 N–H and O–H groups in total. The zero-order chi connectivity index (χ0) is 13.7. The predicted molar refractivity (Wildman–Crippen MR) is 70.7 cm³/mol. The second kappa shape index (κ2) is 6.26. The zero-order valence-electron chi connectivity index (χ0n) is 11.0. The summed E-state index contributed by atoms with van der Waals surface area (Å²) in [6.45, 7) is 2.17. The van der Waals surface area contributed by atoms with Crippen LogP contribution in [0.15, 0.2) is 18.2 Å². The maximum atomic E-state index is 12.2. The average Bonchev–Trinajstić information content (AvgIpc) is 2.35. The van der Waals surface area contributed by atoms with E-state index in [0.717, 1.165) is 0 Å². The Hall–Kier alpha value is -1.75. The number of benzene rings is 1. The van der Waals surface area contributed by atoms with Gasteiger partial charge in [0.2, 0.25) is 0 Å². The first-order chi connectivity index (χ1) is 8.47. The lowest BCUT2D eigenvalue weighted by molar-refractivity contribution is 0.0769. The summed E-state index contributed by atoms with van der Waals surface area (Å²) >= 11 is 0. The fourth-order valence-corrected chi connectivity index (χ4v) is 1.60. The van der Waals surface area contributed by atoms with E-state index in [9.17, 15) is 9.90 Å². The summed E-state index contributed by atoms with van der Waals surface area (Å²) in [6, 6.07) is 5.10. The Bertz CT molecular complexity index is 419. The van der Waals surface area contributed by atoms with Crippen molar-refractivity contribution in [2.45, 2.75) is 19.4 Å². The normalized spacial score (nSPS) is 12.0. The standard InChI is InChI=1S/C13H20N2O3/c1-9(16)7-8-15(2)13(17)10-5-4-6-11(18-3)12(10)14/h4-6,9,16H,7-8,14H2,1-3H3. The third-order valence-corrected chi connectivity index (χ3v) is 2.75. The van der Waals surface area contributed by atoms with E-state index in [1.165, 1.54) is 12.0 Å². The highest BCUT2D eigenvalue weighted by Gasteiger charge is 2.17. The Morgan fingerprint density at radius 1 is 1.56 bits per heavy atom. The highest BCUT2D eigenvalue weighted by molar-refractivity contribution is 6.00. The number of amides is 1. The molecule has 5 nitrogen and oxygen atoms in total. The van der Waals surface area contributed by atoms with Gasteiger partial charge in [-0.1, -0.05) is 6.07 Å². The van der Waals surface area contributed by atoms with Gasteiger partial charge in [-0.3, -0.25) is 4.79 Å². The van der Waals surface area contributed by atoms with Crippen molar-refractivity contribution in [3.05, 3.63) is 23.8 Å². The first-order valence-electron chi connectivity index (χ1n) is 5.83. The van der Waals surface area contributed by atoms with Crippen molar-refractivity contribution in [1.29, 1.82) is 0 Å². The van der Waals surface area contributed by atoms with E-state index in [4.69, 9.17) is 10.5 Å². The summed E-state index contributed by atoms with van der Waals surface area (Å²) in [5.74, 6) is 0.317. The lowest BCUT2D eigenvalue weighted by Gasteiger charge is -2.19. The number of hydrogen-bond acceptors (Lipinski definition) is 4. The van der Waals surface area contributed by atoms with E-state index in [1.54, 1.807) is 32.2 Å². The highest BCUT2D eigenvalue weighted by atomic mass is 16.5. The number of hydrogen-bond donors (Lipinski definition) is 2. The van der Waals surface area contributed by atoms with Crippen LogP contribution in [-0.4, -0.2) is 42.7 Å². The van der Waals surface area contributed by atoms with Crippen LogP contribution < -0.4 is 10.5 Å². The van der Waals surface area contributed by atoms with E-state index < -0.39 is 6.10 Å². The quantitative estimate of drug-likeness (QED) is 0.770. The van der Waals surface area contributed by atoms with Crippen LogP contribution in [0, 0.1) is 0 Å². The third-order valence-electron chi connectivity index (χ3n) is 2.75. The molecule has 1 rings (SSSR count). The minimum absolute atomic E-state index is 0.174. The predicted octanol–water partition coefficient (Wildman–Crippen LogP) is 1.12. The van der Waals surface area contributed by atoms with Crippen LogP contribution in [-0.2, 0) is 0 Å². The molecule has 0 saturated carbocycles. The van der Waals surface area contributed by atoms with Gasteiger partial charge in [-0.15, -0.1) is 0 Å². The summed E-state index contributed by atoms with van der Waals surface area (Å²) < 4.78 is 5.08. The fraction of sp³-hybridized carbons (Fsp3) is 0.462. The van der Waals surface area contributed by atoms with Crippen LogP contribution in [0.1, 0.15) is 23.7 Å². The van der Waals surface area contributed by atoms with Gasteiger partial charge in [0.1, 0.15) is 5.75 Å². The second-order valence-electron chi connectivity index (χ2n) is 4.29. The molecular formula is C13H20N2O3. The number of anilines is 1. The third kappa shape index (κ3) is 3.37. The molecule has 0 fully saturated rings. The molecule has 18 heavy (non-hydrogen) atoms. The molecule has 1 atom stereocenters. The zero-order valence-corrected chi connectivity index (χ0v) is 11.0. The Morgan fingerprint density at radius 3 is 2.78 bits per heavy atom. The van der Waals surface area contributed by atoms with Gasteiger partial charge in [0.05, 0.1) is 24.5 Å². The van der Waals surface area contributed by atoms with E-state index >= 15 is 0 Å². The molecule has 100 valence electrons. The Balaban J connectivity index is 2.83. The molecule has 0 spiro atoms. The maximum Gasteiger partial charge on any atom is 0.255 e. The number of rotatable bonds is 5. The lowest BCUT2D eigenvalue weighted by Crippen LogP contribution is -2.30. The molecule has 0 heterocycles. The molecule has 1 aromatic carbocycles. The molecule has 0 aliphatic heterocycles. The summed E-state index contributed by atoms with van der Waals surface area (Å²) in [7, 11) is 3.20. The topological polar surface area (TPSA) is 75.8 Å². The van der Waals surface area contributed by atoms with Crippen LogP contribution >= 0.6 is 0 Å². The van der Waals surface area contributed by atoms with Gasteiger partial charge in [-0.05, 0) is 25.5 Å². The van der Waals surface area contributed by atoms with Crippen molar-refractivity contribution in [3.8, 4) is 5.75 Å². The van der Waals surface area contributed by atoms with Gasteiger partial charge in [-0.2, -0.15) is 0 Å². The van der Waals surface area contributed by atoms with Gasteiger partial charge >= 0.3 is 0 Å². The minimum Gasteiger partial charge on any atom is -0.495 e. The van der Waals surface area contributed by atoms with E-state index in [0.29, 0.717) is 30.0 Å².